The number of phenolic OH excluding ortho intramolecular Hbond substituents is 1. The summed E-state index contributed by atoms with van der Waals surface area (Å²) >= 11 is 0. The van der Waals surface area contributed by atoms with Gasteiger partial charge in [0.05, 0.1) is 4.90 Å². The highest BCUT2D eigenvalue weighted by atomic mass is 32.2. The lowest BCUT2D eigenvalue weighted by atomic mass is 10.1. The molecule has 2 N–H and O–H groups in total. The van der Waals surface area contributed by atoms with Crippen LogP contribution in [0.15, 0.2) is 47.4 Å². The van der Waals surface area contributed by atoms with Crippen LogP contribution in [0.5, 0.6) is 17.2 Å². The standard InChI is InChI=1S/C18H22O5S/c1-2-3-4-5-7-14-12-17(24(20,21)22)10-11-18(14)23-16-9-6-8-15(19)13-16/h6,8-13,19H,2-5,7H2,1H3,(H,20,21,22). The van der Waals surface area contributed by atoms with Crippen LogP contribution < -0.4 is 4.74 Å². The molecule has 0 aliphatic heterocycles. The Kier molecular flexibility index (Phi) is 6.23. The molecule has 2 aromatic rings. The van der Waals surface area contributed by atoms with Crippen LogP contribution in [-0.2, 0) is 16.5 Å². The van der Waals surface area contributed by atoms with Crippen LogP contribution in [0.3, 0.4) is 0 Å². The predicted octanol–water partition coefficient (Wildman–Crippen LogP) is 4.55. The maximum atomic E-state index is 11.4. The molecule has 0 radical (unpaired) electrons. The Labute approximate surface area is 142 Å². The monoisotopic (exact) mass is 350 g/mol. The smallest absolute Gasteiger partial charge is 0.294 e. The summed E-state index contributed by atoms with van der Waals surface area (Å²) in [6.45, 7) is 2.12. The highest BCUT2D eigenvalue weighted by molar-refractivity contribution is 7.85. The normalized spacial score (nSPS) is 11.4. The summed E-state index contributed by atoms with van der Waals surface area (Å²) in [5.41, 5.74) is 0.713. The zero-order chi connectivity index (χ0) is 17.6. The Morgan fingerprint density at radius 3 is 2.50 bits per heavy atom. The first-order valence-corrected chi connectivity index (χ1v) is 9.41. The molecule has 0 fully saturated rings. The second kappa shape index (κ2) is 8.17. The van der Waals surface area contributed by atoms with Gasteiger partial charge in [-0.05, 0) is 48.7 Å². The van der Waals surface area contributed by atoms with Crippen molar-refractivity contribution in [3.63, 3.8) is 0 Å². The molecule has 0 unspecified atom stereocenters. The Balaban J connectivity index is 2.27. The van der Waals surface area contributed by atoms with Crippen LogP contribution in [0.1, 0.15) is 38.2 Å². The summed E-state index contributed by atoms with van der Waals surface area (Å²) in [6.07, 6.45) is 4.81. The number of benzene rings is 2. The summed E-state index contributed by atoms with van der Waals surface area (Å²) in [5, 5.41) is 9.52. The third-order valence-corrected chi connectivity index (χ3v) is 4.52. The van der Waals surface area contributed by atoms with Gasteiger partial charge in [0.2, 0.25) is 0 Å². The molecule has 0 aliphatic carbocycles. The van der Waals surface area contributed by atoms with Crippen molar-refractivity contribution < 1.29 is 22.8 Å². The van der Waals surface area contributed by atoms with Crippen LogP contribution in [0.2, 0.25) is 0 Å². The zero-order valence-corrected chi connectivity index (χ0v) is 14.4. The van der Waals surface area contributed by atoms with E-state index < -0.39 is 10.1 Å². The molecular weight excluding hydrogens is 328 g/mol. The first-order chi connectivity index (χ1) is 11.4. The molecule has 0 aliphatic rings. The molecule has 5 nitrogen and oxygen atoms in total. The van der Waals surface area contributed by atoms with Gasteiger partial charge in [-0.1, -0.05) is 32.3 Å². The SMILES string of the molecule is CCCCCCc1cc(S(=O)(=O)O)ccc1Oc1cccc(O)c1. The average Bonchev–Trinajstić information content (AvgIpc) is 2.52. The maximum Gasteiger partial charge on any atom is 0.294 e. The minimum Gasteiger partial charge on any atom is -0.508 e. The Morgan fingerprint density at radius 2 is 1.83 bits per heavy atom. The first kappa shape index (κ1) is 18.3. The molecule has 0 saturated carbocycles. The van der Waals surface area contributed by atoms with Crippen molar-refractivity contribution in [3.05, 3.63) is 48.0 Å². The summed E-state index contributed by atoms with van der Waals surface area (Å²) in [6, 6.07) is 10.7. The lowest BCUT2D eigenvalue weighted by molar-refractivity contribution is 0.451. The Bertz CT molecular complexity index is 784. The fourth-order valence-electron chi connectivity index (χ4n) is 2.43. The van der Waals surface area contributed by atoms with Crippen molar-refractivity contribution in [2.24, 2.45) is 0 Å². The second-order valence-electron chi connectivity index (χ2n) is 5.65. The van der Waals surface area contributed by atoms with E-state index >= 15 is 0 Å². The zero-order valence-electron chi connectivity index (χ0n) is 13.6. The molecule has 0 atom stereocenters. The highest BCUT2D eigenvalue weighted by Gasteiger charge is 2.14. The van der Waals surface area contributed by atoms with Gasteiger partial charge in [0, 0.05) is 6.07 Å². The van der Waals surface area contributed by atoms with E-state index in [1.54, 1.807) is 18.2 Å². The average molecular weight is 350 g/mol. The van der Waals surface area contributed by atoms with Crippen molar-refractivity contribution in [2.45, 2.75) is 43.9 Å². The van der Waals surface area contributed by atoms with E-state index in [0.717, 1.165) is 25.7 Å². The van der Waals surface area contributed by atoms with Gasteiger partial charge < -0.3 is 9.84 Å². The van der Waals surface area contributed by atoms with Crippen molar-refractivity contribution in [1.82, 2.24) is 0 Å². The summed E-state index contributed by atoms with van der Waals surface area (Å²) in [7, 11) is -4.25. The van der Waals surface area contributed by atoms with Gasteiger partial charge >= 0.3 is 0 Å². The summed E-state index contributed by atoms with van der Waals surface area (Å²) in [5.74, 6) is 1.07. The topological polar surface area (TPSA) is 83.8 Å². The molecule has 130 valence electrons. The van der Waals surface area contributed by atoms with Crippen molar-refractivity contribution in [2.75, 3.05) is 0 Å². The van der Waals surface area contributed by atoms with Gasteiger partial charge in [-0.25, -0.2) is 0 Å². The first-order valence-electron chi connectivity index (χ1n) is 7.97. The maximum absolute atomic E-state index is 11.4. The summed E-state index contributed by atoms with van der Waals surface area (Å²) < 4.78 is 37.7. The fraction of sp³-hybridized carbons (Fsp3) is 0.333. The van der Waals surface area contributed by atoms with E-state index in [1.165, 1.54) is 24.3 Å². The van der Waals surface area contributed by atoms with Gasteiger partial charge in [0.15, 0.2) is 0 Å². The van der Waals surface area contributed by atoms with Crippen LogP contribution in [0.25, 0.3) is 0 Å². The number of unbranched alkanes of at least 4 members (excludes halogenated alkanes) is 3. The third-order valence-electron chi connectivity index (χ3n) is 3.67. The van der Waals surface area contributed by atoms with E-state index in [2.05, 4.69) is 6.92 Å². The Morgan fingerprint density at radius 1 is 1.04 bits per heavy atom. The number of ether oxygens (including phenoxy) is 1. The molecule has 0 aromatic heterocycles. The lowest BCUT2D eigenvalue weighted by Gasteiger charge is -2.12. The van der Waals surface area contributed by atoms with Gasteiger partial charge in [-0.15, -0.1) is 0 Å². The van der Waals surface area contributed by atoms with Crippen molar-refractivity contribution in [3.8, 4) is 17.2 Å². The predicted molar refractivity (Wildman–Crippen MR) is 92.3 cm³/mol. The van der Waals surface area contributed by atoms with Crippen molar-refractivity contribution in [1.29, 1.82) is 0 Å². The molecular formula is C18H22O5S. The van der Waals surface area contributed by atoms with Crippen LogP contribution in [0.4, 0.5) is 0 Å². The number of aromatic hydroxyl groups is 1. The third kappa shape index (κ3) is 5.25. The molecule has 2 aromatic carbocycles. The molecule has 0 heterocycles. The van der Waals surface area contributed by atoms with E-state index in [1.807, 2.05) is 0 Å². The quantitative estimate of drug-likeness (QED) is 0.539. The van der Waals surface area contributed by atoms with Gasteiger partial charge in [0.25, 0.3) is 10.1 Å². The number of hydrogen-bond acceptors (Lipinski definition) is 4. The largest absolute Gasteiger partial charge is 0.508 e. The molecule has 24 heavy (non-hydrogen) atoms. The lowest BCUT2D eigenvalue weighted by Crippen LogP contribution is -2.01. The van der Waals surface area contributed by atoms with Gasteiger partial charge in [0.1, 0.15) is 17.2 Å². The van der Waals surface area contributed by atoms with Gasteiger partial charge in [-0.2, -0.15) is 8.42 Å². The number of hydrogen-bond donors (Lipinski definition) is 2. The highest BCUT2D eigenvalue weighted by Crippen LogP contribution is 2.30. The minimum atomic E-state index is -4.25. The molecule has 0 spiro atoms. The van der Waals surface area contributed by atoms with Gasteiger partial charge in [-0.3, -0.25) is 4.55 Å². The van der Waals surface area contributed by atoms with E-state index in [-0.39, 0.29) is 10.6 Å². The molecule has 0 amide bonds. The molecule has 0 bridgehead atoms. The van der Waals surface area contributed by atoms with E-state index in [9.17, 15) is 18.1 Å². The number of rotatable bonds is 8. The molecule has 0 saturated heterocycles. The molecule has 2 rings (SSSR count). The summed E-state index contributed by atoms with van der Waals surface area (Å²) in [4.78, 5) is -0.142. The molecule has 6 heteroatoms. The minimum absolute atomic E-state index is 0.0894. The number of aryl methyl sites for hydroxylation is 1. The Hall–Kier alpha value is -2.05. The fourth-order valence-corrected chi connectivity index (χ4v) is 2.96. The van der Waals surface area contributed by atoms with Crippen molar-refractivity contribution >= 4 is 10.1 Å². The van der Waals surface area contributed by atoms with E-state index in [4.69, 9.17) is 4.74 Å². The number of phenols is 1. The second-order valence-corrected chi connectivity index (χ2v) is 7.08. The van der Waals surface area contributed by atoms with Crippen LogP contribution >= 0.6 is 0 Å². The van der Waals surface area contributed by atoms with E-state index in [0.29, 0.717) is 23.5 Å². The van der Waals surface area contributed by atoms with Crippen LogP contribution in [0, 0.1) is 0 Å². The van der Waals surface area contributed by atoms with Crippen LogP contribution in [-0.4, -0.2) is 18.1 Å².